The number of nitrogens with zero attached hydrogens (tertiary/aromatic N) is 2. The number of nitrogens with one attached hydrogen (secondary N) is 1. The number of carbonyl (C=O) groups is 1. The lowest BCUT2D eigenvalue weighted by Gasteiger charge is -2.13. The molecule has 1 aromatic heterocycles. The van der Waals surface area contributed by atoms with Gasteiger partial charge in [0.2, 0.25) is 5.91 Å². The number of carbonyl (C=O) groups excluding carboxylic acids is 1. The lowest BCUT2D eigenvalue weighted by molar-refractivity contribution is -0.116. The largest absolute Gasteiger partial charge is 0.349 e. The second-order valence-electron chi connectivity index (χ2n) is 6.53. The second-order valence-corrected chi connectivity index (χ2v) is 6.97. The van der Waals surface area contributed by atoms with E-state index in [0.717, 1.165) is 17.7 Å². The highest BCUT2D eigenvalue weighted by molar-refractivity contribution is 6.31. The van der Waals surface area contributed by atoms with Crippen LogP contribution in [-0.4, -0.2) is 15.5 Å². The summed E-state index contributed by atoms with van der Waals surface area (Å²) >= 11 is 6.15. The molecule has 1 amide bonds. The van der Waals surface area contributed by atoms with E-state index in [0.29, 0.717) is 27.7 Å². The molecule has 4 aromatic rings. The molecule has 1 N–H and O–H groups in total. The standard InChI is InChI=1S/C22H14ClF2N3O2/c23-14-6-9-19-16(10-14)21(13-4-2-1-3-5-13)27-22(30)28(19)12-20(29)26-18-8-7-15(24)11-17(18)25/h1-11H,12H2,(H,26,29). The number of anilines is 1. The van der Waals surface area contributed by atoms with Crippen molar-refractivity contribution in [1.29, 1.82) is 0 Å². The second kappa shape index (κ2) is 8.04. The van der Waals surface area contributed by atoms with Gasteiger partial charge in [0.15, 0.2) is 0 Å². The summed E-state index contributed by atoms with van der Waals surface area (Å²) in [4.78, 5) is 29.3. The summed E-state index contributed by atoms with van der Waals surface area (Å²) in [6.45, 7) is -0.407. The van der Waals surface area contributed by atoms with E-state index in [1.807, 2.05) is 30.3 Å². The Labute approximate surface area is 174 Å². The van der Waals surface area contributed by atoms with Crippen molar-refractivity contribution in [3.63, 3.8) is 0 Å². The third-order valence-corrected chi connectivity index (χ3v) is 4.73. The molecule has 0 aliphatic heterocycles. The van der Waals surface area contributed by atoms with E-state index < -0.39 is 29.8 Å². The fourth-order valence-corrected chi connectivity index (χ4v) is 3.32. The average Bonchev–Trinajstić information content (AvgIpc) is 2.72. The lowest BCUT2D eigenvalue weighted by Crippen LogP contribution is -2.30. The monoisotopic (exact) mass is 425 g/mol. The molecule has 0 unspecified atom stereocenters. The smallest absolute Gasteiger partial charge is 0.322 e. The number of aromatic nitrogens is 2. The molecule has 3 aromatic carbocycles. The molecule has 0 fully saturated rings. The summed E-state index contributed by atoms with van der Waals surface area (Å²) < 4.78 is 28.0. The third-order valence-electron chi connectivity index (χ3n) is 4.50. The van der Waals surface area contributed by atoms with Gasteiger partial charge in [-0.2, -0.15) is 4.98 Å². The first-order chi connectivity index (χ1) is 14.4. The van der Waals surface area contributed by atoms with Crippen LogP contribution in [0, 0.1) is 11.6 Å². The topological polar surface area (TPSA) is 64.0 Å². The molecule has 5 nitrogen and oxygen atoms in total. The van der Waals surface area contributed by atoms with Crippen molar-refractivity contribution < 1.29 is 13.6 Å². The molecule has 8 heteroatoms. The third kappa shape index (κ3) is 3.92. The Bertz CT molecular complexity index is 1320. The van der Waals surface area contributed by atoms with Gasteiger partial charge in [0.05, 0.1) is 16.9 Å². The minimum absolute atomic E-state index is 0.185. The first kappa shape index (κ1) is 19.7. The molecule has 150 valence electrons. The van der Waals surface area contributed by atoms with Crippen LogP contribution in [0.25, 0.3) is 22.2 Å². The van der Waals surface area contributed by atoms with Crippen LogP contribution in [0.3, 0.4) is 0 Å². The zero-order valence-electron chi connectivity index (χ0n) is 15.4. The Hall–Kier alpha value is -3.58. The van der Waals surface area contributed by atoms with Gasteiger partial charge in [0.25, 0.3) is 0 Å². The van der Waals surface area contributed by atoms with Gasteiger partial charge in [0, 0.05) is 22.0 Å². The number of hydrogen-bond donors (Lipinski definition) is 1. The van der Waals surface area contributed by atoms with E-state index in [9.17, 15) is 18.4 Å². The molecule has 0 atom stereocenters. The molecule has 0 spiro atoms. The summed E-state index contributed by atoms with van der Waals surface area (Å²) in [7, 11) is 0. The minimum Gasteiger partial charge on any atom is -0.322 e. The Kier molecular flexibility index (Phi) is 5.29. The Balaban J connectivity index is 1.75. The van der Waals surface area contributed by atoms with Crippen LogP contribution in [0.5, 0.6) is 0 Å². The van der Waals surface area contributed by atoms with Gasteiger partial charge < -0.3 is 5.32 Å². The Morgan fingerprint density at radius 3 is 2.53 bits per heavy atom. The van der Waals surface area contributed by atoms with Crippen molar-refractivity contribution in [1.82, 2.24) is 9.55 Å². The predicted molar refractivity (Wildman–Crippen MR) is 111 cm³/mol. The maximum atomic E-state index is 13.8. The fourth-order valence-electron chi connectivity index (χ4n) is 3.15. The molecule has 0 saturated heterocycles. The average molecular weight is 426 g/mol. The summed E-state index contributed by atoms with van der Waals surface area (Å²) in [5.41, 5.74) is 0.799. The molecule has 0 bridgehead atoms. The number of rotatable bonds is 4. The summed E-state index contributed by atoms with van der Waals surface area (Å²) in [5.74, 6) is -2.33. The van der Waals surface area contributed by atoms with E-state index in [2.05, 4.69) is 10.3 Å². The van der Waals surface area contributed by atoms with Crippen LogP contribution in [0.1, 0.15) is 0 Å². The van der Waals surface area contributed by atoms with Gasteiger partial charge in [-0.25, -0.2) is 13.6 Å². The van der Waals surface area contributed by atoms with Crippen LogP contribution in [0.2, 0.25) is 5.02 Å². The molecular weight excluding hydrogens is 412 g/mol. The van der Waals surface area contributed by atoms with Crippen molar-refractivity contribution >= 4 is 34.1 Å². The molecule has 0 saturated carbocycles. The van der Waals surface area contributed by atoms with E-state index >= 15 is 0 Å². The van der Waals surface area contributed by atoms with Crippen LogP contribution < -0.4 is 11.0 Å². The molecule has 0 aliphatic rings. The van der Waals surface area contributed by atoms with E-state index in [4.69, 9.17) is 11.6 Å². The van der Waals surface area contributed by atoms with Gasteiger partial charge in [-0.15, -0.1) is 0 Å². The zero-order chi connectivity index (χ0) is 21.3. The molecule has 4 rings (SSSR count). The molecular formula is C22H14ClF2N3O2. The van der Waals surface area contributed by atoms with Crippen LogP contribution >= 0.6 is 11.6 Å². The van der Waals surface area contributed by atoms with E-state index in [1.165, 1.54) is 4.57 Å². The highest BCUT2D eigenvalue weighted by atomic mass is 35.5. The van der Waals surface area contributed by atoms with Crippen molar-refractivity contribution in [3.05, 3.63) is 93.9 Å². The van der Waals surface area contributed by atoms with Crippen molar-refractivity contribution in [3.8, 4) is 11.3 Å². The quantitative estimate of drug-likeness (QED) is 0.518. The predicted octanol–water partition coefficient (Wildman–Crippen LogP) is 4.63. The minimum atomic E-state index is -0.912. The summed E-state index contributed by atoms with van der Waals surface area (Å²) in [6, 6.07) is 16.8. The van der Waals surface area contributed by atoms with Crippen molar-refractivity contribution in [2.24, 2.45) is 0 Å². The first-order valence-electron chi connectivity index (χ1n) is 8.93. The van der Waals surface area contributed by atoms with Gasteiger partial charge in [-0.1, -0.05) is 41.9 Å². The molecule has 30 heavy (non-hydrogen) atoms. The maximum Gasteiger partial charge on any atom is 0.349 e. The SMILES string of the molecule is O=C(Cn1c(=O)nc(-c2ccccc2)c2cc(Cl)ccc21)Nc1ccc(F)cc1F. The highest BCUT2D eigenvalue weighted by Crippen LogP contribution is 2.27. The first-order valence-corrected chi connectivity index (χ1v) is 9.30. The lowest BCUT2D eigenvalue weighted by atomic mass is 10.1. The van der Waals surface area contributed by atoms with Crippen LogP contribution in [0.4, 0.5) is 14.5 Å². The maximum absolute atomic E-state index is 13.8. The number of amides is 1. The zero-order valence-corrected chi connectivity index (χ0v) is 16.2. The number of fused-ring (bicyclic) bond motifs is 1. The molecule has 1 heterocycles. The summed E-state index contributed by atoms with van der Waals surface area (Å²) in [5, 5.41) is 3.38. The fraction of sp³-hybridized carbons (Fsp3) is 0.0455. The summed E-state index contributed by atoms with van der Waals surface area (Å²) in [6.07, 6.45) is 0. The number of halogens is 3. The highest BCUT2D eigenvalue weighted by Gasteiger charge is 2.16. The van der Waals surface area contributed by atoms with Gasteiger partial charge in [-0.3, -0.25) is 9.36 Å². The van der Waals surface area contributed by atoms with E-state index in [-0.39, 0.29) is 5.69 Å². The van der Waals surface area contributed by atoms with E-state index in [1.54, 1.807) is 18.2 Å². The molecule has 0 radical (unpaired) electrons. The number of benzene rings is 3. The Morgan fingerprint density at radius 1 is 1.03 bits per heavy atom. The van der Waals surface area contributed by atoms with Crippen LogP contribution in [0.15, 0.2) is 71.5 Å². The Morgan fingerprint density at radius 2 is 1.80 bits per heavy atom. The van der Waals surface area contributed by atoms with Crippen LogP contribution in [-0.2, 0) is 11.3 Å². The van der Waals surface area contributed by atoms with Crippen molar-refractivity contribution in [2.45, 2.75) is 6.54 Å². The van der Waals surface area contributed by atoms with Gasteiger partial charge in [0.1, 0.15) is 18.2 Å². The normalized spacial score (nSPS) is 10.9. The van der Waals surface area contributed by atoms with Crippen molar-refractivity contribution in [2.75, 3.05) is 5.32 Å². The number of hydrogen-bond acceptors (Lipinski definition) is 3. The van der Waals surface area contributed by atoms with Gasteiger partial charge >= 0.3 is 5.69 Å². The molecule has 0 aliphatic carbocycles. The van der Waals surface area contributed by atoms with Gasteiger partial charge in [-0.05, 0) is 30.3 Å².